The molecule has 108 valence electrons. The van der Waals surface area contributed by atoms with Crippen LogP contribution in [0.5, 0.6) is 0 Å². The molecule has 0 saturated carbocycles. The molecule has 0 amide bonds. The van der Waals surface area contributed by atoms with E-state index in [2.05, 4.69) is 31.3 Å². The first-order valence-electron chi connectivity index (χ1n) is 8.10. The number of fused-ring (bicyclic) bond motifs is 2. The van der Waals surface area contributed by atoms with Gasteiger partial charge in [-0.15, -0.1) is 0 Å². The first kappa shape index (κ1) is 13.7. The number of aryl methyl sites for hydroxylation is 3. The number of hydrogen-bond donors (Lipinski definition) is 1. The molecule has 1 aliphatic carbocycles. The fraction of sp³-hybridized carbons (Fsp3) is 0.556. The fourth-order valence-corrected chi connectivity index (χ4v) is 3.31. The average molecular weight is 271 g/mol. The fourth-order valence-electron chi connectivity index (χ4n) is 3.31. The van der Waals surface area contributed by atoms with E-state index in [1.807, 2.05) is 0 Å². The Kier molecular flexibility index (Phi) is 4.11. The highest BCUT2D eigenvalue weighted by atomic mass is 16.3. The van der Waals surface area contributed by atoms with Crippen LogP contribution >= 0.6 is 0 Å². The predicted octanol–water partition coefficient (Wildman–Crippen LogP) is 4.37. The molecule has 2 nitrogen and oxygen atoms in total. The summed E-state index contributed by atoms with van der Waals surface area (Å²) in [5, 5.41) is 4.84. The van der Waals surface area contributed by atoms with Crippen molar-refractivity contribution in [3.05, 3.63) is 34.6 Å². The van der Waals surface area contributed by atoms with Crippen LogP contribution in [0.3, 0.4) is 0 Å². The molecule has 0 fully saturated rings. The van der Waals surface area contributed by atoms with E-state index in [9.17, 15) is 0 Å². The Morgan fingerprint density at radius 2 is 1.90 bits per heavy atom. The van der Waals surface area contributed by atoms with Crippen molar-refractivity contribution in [3.8, 4) is 0 Å². The molecule has 0 aliphatic heterocycles. The number of furan rings is 1. The minimum absolute atomic E-state index is 0.864. The van der Waals surface area contributed by atoms with Gasteiger partial charge in [0.15, 0.2) is 0 Å². The van der Waals surface area contributed by atoms with Crippen LogP contribution in [0.4, 0.5) is 0 Å². The van der Waals surface area contributed by atoms with Gasteiger partial charge >= 0.3 is 0 Å². The summed E-state index contributed by atoms with van der Waals surface area (Å²) in [6, 6.07) is 4.69. The largest absolute Gasteiger partial charge is 0.459 e. The maximum atomic E-state index is 6.16. The third-order valence-corrected chi connectivity index (χ3v) is 4.30. The second kappa shape index (κ2) is 6.01. The van der Waals surface area contributed by atoms with Crippen molar-refractivity contribution in [2.24, 2.45) is 0 Å². The lowest BCUT2D eigenvalue weighted by Crippen LogP contribution is -2.14. The SMILES string of the molecule is CCCNCc1oc2cc3c(cc2c1CCC)CCC3. The topological polar surface area (TPSA) is 25.2 Å². The second-order valence-corrected chi connectivity index (χ2v) is 5.90. The van der Waals surface area contributed by atoms with Crippen LogP contribution in [0.2, 0.25) is 0 Å². The van der Waals surface area contributed by atoms with Crippen LogP contribution in [0.15, 0.2) is 16.5 Å². The Labute approximate surface area is 121 Å². The van der Waals surface area contributed by atoms with Gasteiger partial charge < -0.3 is 9.73 Å². The molecule has 1 N–H and O–H groups in total. The van der Waals surface area contributed by atoms with Crippen molar-refractivity contribution in [2.75, 3.05) is 6.54 Å². The molecule has 3 rings (SSSR count). The van der Waals surface area contributed by atoms with Crippen LogP contribution in [0.1, 0.15) is 55.6 Å². The third-order valence-electron chi connectivity index (χ3n) is 4.30. The van der Waals surface area contributed by atoms with E-state index in [1.54, 1.807) is 5.56 Å². The Hall–Kier alpha value is -1.28. The van der Waals surface area contributed by atoms with E-state index in [1.165, 1.54) is 42.2 Å². The normalized spacial score (nSPS) is 14.1. The lowest BCUT2D eigenvalue weighted by molar-refractivity contribution is 0.506. The molecule has 1 aliphatic rings. The third kappa shape index (κ3) is 2.49. The van der Waals surface area contributed by atoms with Gasteiger partial charge in [-0.3, -0.25) is 0 Å². The summed E-state index contributed by atoms with van der Waals surface area (Å²) in [7, 11) is 0. The number of rotatable bonds is 6. The van der Waals surface area contributed by atoms with E-state index in [0.29, 0.717) is 0 Å². The molecule has 0 radical (unpaired) electrons. The Morgan fingerprint density at radius 1 is 1.10 bits per heavy atom. The number of hydrogen-bond acceptors (Lipinski definition) is 2. The first-order valence-corrected chi connectivity index (χ1v) is 8.10. The lowest BCUT2D eigenvalue weighted by Gasteiger charge is -2.03. The van der Waals surface area contributed by atoms with Crippen molar-refractivity contribution in [1.82, 2.24) is 5.32 Å². The summed E-state index contributed by atoms with van der Waals surface area (Å²) in [5.41, 5.74) is 5.58. The van der Waals surface area contributed by atoms with Crippen molar-refractivity contribution >= 4 is 11.0 Å². The molecule has 1 heterocycles. The highest BCUT2D eigenvalue weighted by molar-refractivity contribution is 5.84. The van der Waals surface area contributed by atoms with Crippen molar-refractivity contribution in [2.45, 2.75) is 58.9 Å². The minimum atomic E-state index is 0.864. The number of nitrogens with one attached hydrogen (secondary N) is 1. The van der Waals surface area contributed by atoms with Gasteiger partial charge in [-0.1, -0.05) is 20.3 Å². The van der Waals surface area contributed by atoms with Crippen molar-refractivity contribution in [1.29, 1.82) is 0 Å². The van der Waals surface area contributed by atoms with Gasteiger partial charge in [0, 0.05) is 10.9 Å². The Balaban J connectivity index is 1.99. The van der Waals surface area contributed by atoms with Gasteiger partial charge in [0.05, 0.1) is 6.54 Å². The Bertz CT molecular complexity index is 597. The summed E-state index contributed by atoms with van der Waals surface area (Å²) < 4.78 is 6.16. The zero-order valence-electron chi connectivity index (χ0n) is 12.7. The highest BCUT2D eigenvalue weighted by Crippen LogP contribution is 2.33. The first-order chi connectivity index (χ1) is 9.83. The van der Waals surface area contributed by atoms with Gasteiger partial charge in [-0.25, -0.2) is 0 Å². The zero-order valence-corrected chi connectivity index (χ0v) is 12.7. The minimum Gasteiger partial charge on any atom is -0.459 e. The van der Waals surface area contributed by atoms with Crippen LogP contribution < -0.4 is 5.32 Å². The monoisotopic (exact) mass is 271 g/mol. The highest BCUT2D eigenvalue weighted by Gasteiger charge is 2.18. The van der Waals surface area contributed by atoms with Crippen molar-refractivity contribution < 1.29 is 4.42 Å². The molecule has 1 aromatic heterocycles. The molecule has 0 spiro atoms. The molecular weight excluding hydrogens is 246 g/mol. The molecule has 0 unspecified atom stereocenters. The quantitative estimate of drug-likeness (QED) is 0.789. The van der Waals surface area contributed by atoms with Crippen LogP contribution in [-0.2, 0) is 25.8 Å². The van der Waals surface area contributed by atoms with Crippen molar-refractivity contribution in [3.63, 3.8) is 0 Å². The van der Waals surface area contributed by atoms with Crippen LogP contribution in [-0.4, -0.2) is 6.54 Å². The summed E-state index contributed by atoms with van der Waals surface area (Å²) in [5.74, 6) is 1.15. The summed E-state index contributed by atoms with van der Waals surface area (Å²) >= 11 is 0. The second-order valence-electron chi connectivity index (χ2n) is 5.90. The van der Waals surface area contributed by atoms with Gasteiger partial charge in [0.1, 0.15) is 11.3 Å². The smallest absolute Gasteiger partial charge is 0.134 e. The van der Waals surface area contributed by atoms with E-state index in [0.717, 1.165) is 37.3 Å². The maximum Gasteiger partial charge on any atom is 0.134 e. The van der Waals surface area contributed by atoms with E-state index in [4.69, 9.17) is 4.42 Å². The van der Waals surface area contributed by atoms with E-state index in [-0.39, 0.29) is 0 Å². The predicted molar refractivity (Wildman–Crippen MR) is 84.2 cm³/mol. The summed E-state index contributed by atoms with van der Waals surface area (Å²) in [6.45, 7) is 6.36. The van der Waals surface area contributed by atoms with Gasteiger partial charge in [-0.05, 0) is 61.9 Å². The molecular formula is C18H25NO. The molecule has 0 bridgehead atoms. The van der Waals surface area contributed by atoms with Gasteiger partial charge in [-0.2, -0.15) is 0 Å². The maximum absolute atomic E-state index is 6.16. The lowest BCUT2D eigenvalue weighted by atomic mass is 10.0. The van der Waals surface area contributed by atoms with Gasteiger partial charge in [0.2, 0.25) is 0 Å². The van der Waals surface area contributed by atoms with E-state index >= 15 is 0 Å². The average Bonchev–Trinajstić information content (AvgIpc) is 3.02. The molecule has 2 aromatic rings. The standard InChI is InChI=1S/C18H25NO/c1-3-6-15-16-10-13-7-5-8-14(13)11-17(16)20-18(15)12-19-9-4-2/h10-11,19H,3-9,12H2,1-2H3. The molecule has 20 heavy (non-hydrogen) atoms. The zero-order chi connectivity index (χ0) is 13.9. The Morgan fingerprint density at radius 3 is 2.65 bits per heavy atom. The van der Waals surface area contributed by atoms with Crippen LogP contribution in [0, 0.1) is 0 Å². The molecule has 0 atom stereocenters. The van der Waals surface area contributed by atoms with E-state index < -0.39 is 0 Å². The summed E-state index contributed by atoms with van der Waals surface area (Å²) in [4.78, 5) is 0. The van der Waals surface area contributed by atoms with Gasteiger partial charge in [0.25, 0.3) is 0 Å². The van der Waals surface area contributed by atoms with Crippen LogP contribution in [0.25, 0.3) is 11.0 Å². The summed E-state index contributed by atoms with van der Waals surface area (Å²) in [6.07, 6.45) is 7.22. The molecule has 2 heteroatoms. The molecule has 0 saturated heterocycles. The number of benzene rings is 1. The molecule has 1 aromatic carbocycles.